The lowest BCUT2D eigenvalue weighted by molar-refractivity contribution is 0.0960. The van der Waals surface area contributed by atoms with Crippen molar-refractivity contribution in [3.63, 3.8) is 0 Å². The van der Waals surface area contributed by atoms with Gasteiger partial charge in [0.2, 0.25) is 0 Å². The maximum Gasteiger partial charge on any atom is 0.257 e. The van der Waals surface area contributed by atoms with Crippen LogP contribution < -0.4 is 20.1 Å². The fourth-order valence-corrected chi connectivity index (χ4v) is 4.38. The number of halogens is 1. The molecule has 0 saturated heterocycles. The van der Waals surface area contributed by atoms with Crippen LogP contribution in [0.2, 0.25) is 0 Å². The van der Waals surface area contributed by atoms with E-state index in [1.54, 1.807) is 12.3 Å². The molecule has 190 valence electrons. The number of benzene rings is 1. The maximum absolute atomic E-state index is 14.4. The maximum atomic E-state index is 14.4. The molecule has 3 aromatic heterocycles. The van der Waals surface area contributed by atoms with Gasteiger partial charge in [0.1, 0.15) is 25.4 Å². The van der Waals surface area contributed by atoms with Crippen molar-refractivity contribution in [3.8, 4) is 22.9 Å². The zero-order valence-electron chi connectivity index (χ0n) is 20.8. The van der Waals surface area contributed by atoms with Crippen molar-refractivity contribution in [2.75, 3.05) is 32.1 Å². The molecule has 4 heterocycles. The van der Waals surface area contributed by atoms with Gasteiger partial charge in [-0.25, -0.2) is 19.3 Å². The van der Waals surface area contributed by atoms with Crippen LogP contribution in [0, 0.1) is 11.7 Å². The van der Waals surface area contributed by atoms with Gasteiger partial charge in [0.15, 0.2) is 11.6 Å². The number of para-hydroxylation sites is 1. The van der Waals surface area contributed by atoms with Gasteiger partial charge in [0, 0.05) is 36.8 Å². The van der Waals surface area contributed by atoms with E-state index in [2.05, 4.69) is 44.4 Å². The van der Waals surface area contributed by atoms with Gasteiger partial charge in [0.25, 0.3) is 11.8 Å². The molecular weight excluding hydrogens is 475 g/mol. The Labute approximate surface area is 213 Å². The Hall–Kier alpha value is -4.34. The topological polar surface area (TPSA) is 111 Å². The molecule has 1 aromatic carbocycles. The van der Waals surface area contributed by atoms with Crippen LogP contribution in [0.1, 0.15) is 35.7 Å². The SMILES string of the molecule is CNC(=O)c1c(F)cnc2c(C(C)[C@H](C)CNc3cc(-c4cnc5c(c4)OCCO5)ncn3)cccc12. The van der Waals surface area contributed by atoms with Gasteiger partial charge in [0.05, 0.1) is 23.0 Å². The minimum Gasteiger partial charge on any atom is -0.484 e. The normalized spacial score (nSPS) is 14.2. The molecule has 2 atom stereocenters. The zero-order valence-corrected chi connectivity index (χ0v) is 20.8. The fourth-order valence-electron chi connectivity index (χ4n) is 4.38. The van der Waals surface area contributed by atoms with Crippen LogP contribution in [-0.2, 0) is 0 Å². The third-order valence-corrected chi connectivity index (χ3v) is 6.65. The van der Waals surface area contributed by atoms with Crippen molar-refractivity contribution in [1.82, 2.24) is 25.3 Å². The average molecular weight is 503 g/mol. The van der Waals surface area contributed by atoms with Crippen molar-refractivity contribution >= 4 is 22.6 Å². The molecule has 1 aliphatic heterocycles. The predicted octanol–water partition coefficient (Wildman–Crippen LogP) is 4.21. The molecule has 1 unspecified atom stereocenters. The molecule has 10 heteroatoms. The van der Waals surface area contributed by atoms with Crippen molar-refractivity contribution in [3.05, 3.63) is 66.0 Å². The van der Waals surface area contributed by atoms with E-state index in [9.17, 15) is 9.18 Å². The van der Waals surface area contributed by atoms with Crippen LogP contribution in [0.5, 0.6) is 11.6 Å². The number of pyridine rings is 2. The largest absolute Gasteiger partial charge is 0.484 e. The van der Waals surface area contributed by atoms with Gasteiger partial charge >= 0.3 is 0 Å². The number of fused-ring (bicyclic) bond motifs is 2. The van der Waals surface area contributed by atoms with E-state index in [-0.39, 0.29) is 17.4 Å². The first-order valence-electron chi connectivity index (χ1n) is 12.1. The molecule has 0 bridgehead atoms. The van der Waals surface area contributed by atoms with E-state index in [0.717, 1.165) is 17.3 Å². The van der Waals surface area contributed by atoms with Gasteiger partial charge in [-0.3, -0.25) is 9.78 Å². The molecule has 0 radical (unpaired) electrons. The van der Waals surface area contributed by atoms with Gasteiger partial charge in [-0.1, -0.05) is 32.0 Å². The van der Waals surface area contributed by atoms with Crippen molar-refractivity contribution in [2.45, 2.75) is 19.8 Å². The summed E-state index contributed by atoms with van der Waals surface area (Å²) in [6, 6.07) is 9.26. The third-order valence-electron chi connectivity index (χ3n) is 6.65. The number of nitrogens with one attached hydrogen (secondary N) is 2. The molecule has 1 aliphatic rings. The Kier molecular flexibility index (Phi) is 6.80. The van der Waals surface area contributed by atoms with E-state index < -0.39 is 11.7 Å². The van der Waals surface area contributed by atoms with E-state index in [1.807, 2.05) is 24.3 Å². The molecular formula is C27H27FN6O3. The second kappa shape index (κ2) is 10.3. The van der Waals surface area contributed by atoms with Crippen LogP contribution in [0.4, 0.5) is 10.2 Å². The Morgan fingerprint density at radius 2 is 1.92 bits per heavy atom. The summed E-state index contributed by atoms with van der Waals surface area (Å²) in [5.41, 5.74) is 3.09. The summed E-state index contributed by atoms with van der Waals surface area (Å²) in [6.07, 6.45) is 4.32. The lowest BCUT2D eigenvalue weighted by Crippen LogP contribution is -2.21. The number of rotatable bonds is 7. The minimum atomic E-state index is -0.640. The number of anilines is 1. The Morgan fingerprint density at radius 1 is 1.08 bits per heavy atom. The summed E-state index contributed by atoms with van der Waals surface area (Å²) in [6.45, 7) is 5.80. The number of nitrogens with zero attached hydrogens (tertiary/aromatic N) is 4. The van der Waals surface area contributed by atoms with E-state index in [4.69, 9.17) is 9.47 Å². The number of aromatic nitrogens is 4. The summed E-state index contributed by atoms with van der Waals surface area (Å²) in [4.78, 5) is 29.7. The molecule has 0 spiro atoms. The Balaban J connectivity index is 1.33. The molecule has 1 amide bonds. The van der Waals surface area contributed by atoms with Crippen molar-refractivity contribution in [1.29, 1.82) is 0 Å². The molecule has 9 nitrogen and oxygen atoms in total. The number of carbonyl (C=O) groups excluding carboxylic acids is 1. The number of hydrogen-bond acceptors (Lipinski definition) is 8. The highest BCUT2D eigenvalue weighted by atomic mass is 19.1. The van der Waals surface area contributed by atoms with Gasteiger partial charge in [-0.15, -0.1) is 0 Å². The van der Waals surface area contributed by atoms with Gasteiger partial charge in [-0.2, -0.15) is 0 Å². The second-order valence-corrected chi connectivity index (χ2v) is 8.96. The van der Waals surface area contributed by atoms with E-state index in [0.29, 0.717) is 53.8 Å². The average Bonchev–Trinajstić information content (AvgIpc) is 2.94. The zero-order chi connectivity index (χ0) is 25.9. The van der Waals surface area contributed by atoms with Crippen LogP contribution in [0.25, 0.3) is 22.2 Å². The predicted molar refractivity (Wildman–Crippen MR) is 137 cm³/mol. The fraction of sp³-hybridized carbons (Fsp3) is 0.296. The molecule has 2 N–H and O–H groups in total. The molecule has 5 rings (SSSR count). The summed E-state index contributed by atoms with van der Waals surface area (Å²) >= 11 is 0. The highest BCUT2D eigenvalue weighted by Crippen LogP contribution is 2.33. The summed E-state index contributed by atoms with van der Waals surface area (Å²) < 4.78 is 25.6. The third kappa shape index (κ3) is 4.87. The standard InChI is InChI=1S/C27H27FN6O3/c1-15(16(2)18-5-4-6-19-24(26(35)29-3)20(28)13-31-25(18)19)11-30-23-10-21(33-14-34-23)17-9-22-27(32-12-17)37-8-7-36-22/h4-6,9-10,12-16H,7-8,11H2,1-3H3,(H,29,35)(H,30,33,34)/t15-,16?/m1/s1. The smallest absolute Gasteiger partial charge is 0.257 e. The lowest BCUT2D eigenvalue weighted by atomic mass is 9.87. The second-order valence-electron chi connectivity index (χ2n) is 8.96. The van der Waals surface area contributed by atoms with Gasteiger partial charge < -0.3 is 20.1 Å². The quantitative estimate of drug-likeness (QED) is 0.387. The number of amides is 1. The molecule has 0 aliphatic carbocycles. The summed E-state index contributed by atoms with van der Waals surface area (Å²) in [7, 11) is 1.48. The van der Waals surface area contributed by atoms with Crippen molar-refractivity contribution in [2.24, 2.45) is 5.92 Å². The van der Waals surface area contributed by atoms with E-state index >= 15 is 0 Å². The lowest BCUT2D eigenvalue weighted by Gasteiger charge is -2.22. The van der Waals surface area contributed by atoms with Crippen LogP contribution >= 0.6 is 0 Å². The monoisotopic (exact) mass is 502 g/mol. The Morgan fingerprint density at radius 3 is 2.76 bits per heavy atom. The Bertz CT molecular complexity index is 1460. The molecule has 0 fully saturated rings. The van der Waals surface area contributed by atoms with Crippen LogP contribution in [0.3, 0.4) is 0 Å². The molecule has 0 saturated carbocycles. The van der Waals surface area contributed by atoms with Crippen LogP contribution in [0.15, 0.2) is 49.1 Å². The first kappa shape index (κ1) is 24.4. The highest BCUT2D eigenvalue weighted by molar-refractivity contribution is 6.06. The summed E-state index contributed by atoms with van der Waals surface area (Å²) in [5.74, 6) is 0.876. The van der Waals surface area contributed by atoms with Gasteiger partial charge in [-0.05, 0) is 23.5 Å². The van der Waals surface area contributed by atoms with Crippen molar-refractivity contribution < 1.29 is 18.7 Å². The van der Waals surface area contributed by atoms with Crippen LogP contribution in [-0.4, -0.2) is 52.6 Å². The first-order chi connectivity index (χ1) is 18.0. The number of hydrogen-bond donors (Lipinski definition) is 2. The summed E-state index contributed by atoms with van der Waals surface area (Å²) in [5, 5.41) is 6.40. The first-order valence-corrected chi connectivity index (χ1v) is 12.1. The highest BCUT2D eigenvalue weighted by Gasteiger charge is 2.22. The number of ether oxygens (including phenoxy) is 2. The van der Waals surface area contributed by atoms with E-state index in [1.165, 1.54) is 13.4 Å². The minimum absolute atomic E-state index is 0.00877. The molecule has 4 aromatic rings. The molecule has 37 heavy (non-hydrogen) atoms. The number of carbonyl (C=O) groups is 1.